The van der Waals surface area contributed by atoms with Gasteiger partial charge in [0.2, 0.25) is 11.0 Å². The Balaban J connectivity index is 1.31. The quantitative estimate of drug-likeness (QED) is 0.368. The minimum atomic E-state index is -0.248. The van der Waals surface area contributed by atoms with Crippen molar-refractivity contribution in [2.24, 2.45) is 0 Å². The van der Waals surface area contributed by atoms with E-state index in [9.17, 15) is 9.18 Å². The van der Waals surface area contributed by atoms with Crippen LogP contribution in [0.15, 0.2) is 48.5 Å². The van der Waals surface area contributed by atoms with Crippen molar-refractivity contribution in [3.05, 3.63) is 70.8 Å². The zero-order chi connectivity index (χ0) is 24.6. The molecule has 35 heavy (non-hydrogen) atoms. The third-order valence-corrected chi connectivity index (χ3v) is 7.24. The molecule has 0 bridgehead atoms. The molecule has 4 rings (SSSR count). The van der Waals surface area contributed by atoms with Crippen LogP contribution in [-0.4, -0.2) is 59.4 Å². The lowest BCUT2D eigenvalue weighted by atomic mass is 10.1. The van der Waals surface area contributed by atoms with Gasteiger partial charge >= 0.3 is 0 Å². The molecule has 2 heterocycles. The van der Waals surface area contributed by atoms with Crippen molar-refractivity contribution in [3.63, 3.8) is 0 Å². The molecule has 1 aliphatic heterocycles. The molecule has 0 spiro atoms. The van der Waals surface area contributed by atoms with E-state index in [-0.39, 0.29) is 11.7 Å². The van der Waals surface area contributed by atoms with E-state index in [0.717, 1.165) is 59.7 Å². The fraction of sp³-hybridized carbons (Fsp3) is 0.423. The number of rotatable bonds is 10. The Labute approximate surface area is 215 Å². The fourth-order valence-corrected chi connectivity index (χ4v) is 5.08. The molecule has 3 aromatic rings. The Hall–Kier alpha value is -2.71. The van der Waals surface area contributed by atoms with Crippen LogP contribution in [-0.2, 0) is 11.2 Å². The molecule has 0 N–H and O–H groups in total. The number of carbonyl (C=O) groups excluding carboxylic acids is 1. The maximum atomic E-state index is 13.2. The lowest BCUT2D eigenvalue weighted by Crippen LogP contribution is -2.49. The molecular weight excluding hydrogens is 485 g/mol. The van der Waals surface area contributed by atoms with Crippen LogP contribution >= 0.6 is 23.1 Å². The molecule has 2 aromatic carbocycles. The summed E-state index contributed by atoms with van der Waals surface area (Å²) in [5, 5.41) is 1.57. The van der Waals surface area contributed by atoms with E-state index in [2.05, 4.69) is 27.2 Å². The number of benzene rings is 2. The van der Waals surface area contributed by atoms with Crippen molar-refractivity contribution in [1.29, 1.82) is 0 Å². The van der Waals surface area contributed by atoms with Crippen LogP contribution in [0.2, 0.25) is 5.02 Å². The smallest absolute Gasteiger partial charge is 0.224 e. The van der Waals surface area contributed by atoms with Crippen molar-refractivity contribution in [1.82, 2.24) is 14.3 Å². The number of hydrogen-bond donors (Lipinski definition) is 0. The lowest BCUT2D eigenvalue weighted by molar-refractivity contribution is -0.131. The van der Waals surface area contributed by atoms with Gasteiger partial charge in [-0.05, 0) is 42.3 Å². The highest BCUT2D eigenvalue weighted by molar-refractivity contribution is 7.09. The molecule has 0 saturated carbocycles. The summed E-state index contributed by atoms with van der Waals surface area (Å²) in [5.74, 6) is 0.650. The molecule has 1 amide bonds. The molecule has 0 aliphatic carbocycles. The lowest BCUT2D eigenvalue weighted by Gasteiger charge is -2.36. The minimum absolute atomic E-state index is 0.174. The van der Waals surface area contributed by atoms with Gasteiger partial charge in [-0.15, -0.1) is 0 Å². The molecule has 0 radical (unpaired) electrons. The van der Waals surface area contributed by atoms with Gasteiger partial charge in [0.25, 0.3) is 0 Å². The van der Waals surface area contributed by atoms with Gasteiger partial charge in [-0.1, -0.05) is 43.1 Å². The van der Waals surface area contributed by atoms with Crippen LogP contribution < -0.4 is 9.80 Å². The minimum Gasteiger partial charge on any atom is -0.368 e. The molecule has 186 valence electrons. The zero-order valence-corrected chi connectivity index (χ0v) is 21.6. The molecule has 6 nitrogen and oxygen atoms in total. The van der Waals surface area contributed by atoms with Crippen molar-refractivity contribution < 1.29 is 9.18 Å². The van der Waals surface area contributed by atoms with Crippen LogP contribution in [0.3, 0.4) is 0 Å². The number of piperazine rings is 1. The summed E-state index contributed by atoms with van der Waals surface area (Å²) < 4.78 is 17.7. The van der Waals surface area contributed by atoms with Crippen LogP contribution in [0.5, 0.6) is 0 Å². The first-order valence-electron chi connectivity index (χ1n) is 12.1. The van der Waals surface area contributed by atoms with Gasteiger partial charge in [-0.25, -0.2) is 9.37 Å². The van der Waals surface area contributed by atoms with E-state index in [0.29, 0.717) is 32.5 Å². The third kappa shape index (κ3) is 7.15. The number of halogens is 2. The standard InChI is InChI=1S/C26H31ClFN5OS/c1-2-3-12-33(26-29-24(30-35-26)18-20-7-9-22(28)10-8-20)13-11-25(34)32-16-14-31(15-17-32)23-6-4-5-21(27)19-23/h4-10,19H,2-3,11-18H2,1H3. The maximum Gasteiger partial charge on any atom is 0.224 e. The Morgan fingerprint density at radius 1 is 1.11 bits per heavy atom. The van der Waals surface area contributed by atoms with E-state index in [1.807, 2.05) is 23.1 Å². The highest BCUT2D eigenvalue weighted by atomic mass is 35.5. The van der Waals surface area contributed by atoms with E-state index in [1.165, 1.54) is 23.7 Å². The monoisotopic (exact) mass is 515 g/mol. The third-order valence-electron chi connectivity index (χ3n) is 6.19. The second-order valence-electron chi connectivity index (χ2n) is 8.73. The Morgan fingerprint density at radius 2 is 1.89 bits per heavy atom. The van der Waals surface area contributed by atoms with Crippen LogP contribution in [0.4, 0.5) is 15.2 Å². The second kappa shape index (κ2) is 12.3. The van der Waals surface area contributed by atoms with E-state index in [4.69, 9.17) is 16.6 Å². The van der Waals surface area contributed by atoms with Crippen molar-refractivity contribution in [3.8, 4) is 0 Å². The fourth-order valence-electron chi connectivity index (χ4n) is 4.16. The maximum absolute atomic E-state index is 13.2. The average molecular weight is 516 g/mol. The van der Waals surface area contributed by atoms with Crippen molar-refractivity contribution in [2.45, 2.75) is 32.6 Å². The summed E-state index contributed by atoms with van der Waals surface area (Å²) in [7, 11) is 0. The predicted octanol–water partition coefficient (Wildman–Crippen LogP) is 5.27. The molecular formula is C26H31ClFN5OS. The normalized spacial score (nSPS) is 13.8. The first-order valence-corrected chi connectivity index (χ1v) is 13.3. The number of hydrogen-bond acceptors (Lipinski definition) is 6. The van der Waals surface area contributed by atoms with Gasteiger partial charge in [0.15, 0.2) is 0 Å². The van der Waals surface area contributed by atoms with E-state index in [1.54, 1.807) is 12.1 Å². The molecule has 1 saturated heterocycles. The molecule has 1 aliphatic rings. The largest absolute Gasteiger partial charge is 0.368 e. The first kappa shape index (κ1) is 25.4. The Kier molecular flexibility index (Phi) is 8.93. The second-order valence-corrected chi connectivity index (χ2v) is 9.90. The highest BCUT2D eigenvalue weighted by Crippen LogP contribution is 2.22. The van der Waals surface area contributed by atoms with E-state index >= 15 is 0 Å². The number of carbonyl (C=O) groups is 1. The SMILES string of the molecule is CCCCN(CCC(=O)N1CCN(c2cccc(Cl)c2)CC1)c1nc(Cc2ccc(F)cc2)ns1. The number of amides is 1. The van der Waals surface area contributed by atoms with Gasteiger partial charge in [-0.2, -0.15) is 4.37 Å². The van der Waals surface area contributed by atoms with Gasteiger partial charge < -0.3 is 14.7 Å². The van der Waals surface area contributed by atoms with Crippen LogP contribution in [0.1, 0.15) is 37.6 Å². The number of nitrogens with zero attached hydrogens (tertiary/aromatic N) is 5. The number of anilines is 2. The number of unbranched alkanes of at least 4 members (excludes halogenated alkanes) is 1. The summed E-state index contributed by atoms with van der Waals surface area (Å²) in [5.41, 5.74) is 2.08. The summed E-state index contributed by atoms with van der Waals surface area (Å²) in [6.45, 7) is 6.64. The highest BCUT2D eigenvalue weighted by Gasteiger charge is 2.22. The van der Waals surface area contributed by atoms with Crippen molar-refractivity contribution >= 4 is 39.9 Å². The molecule has 9 heteroatoms. The Bertz CT molecular complexity index is 1100. The summed E-state index contributed by atoms with van der Waals surface area (Å²) in [4.78, 5) is 24.1. The average Bonchev–Trinajstić information content (AvgIpc) is 3.33. The Morgan fingerprint density at radius 3 is 2.60 bits per heavy atom. The summed E-state index contributed by atoms with van der Waals surface area (Å²) in [6, 6.07) is 14.3. The van der Waals surface area contributed by atoms with Gasteiger partial charge in [0, 0.05) is 74.4 Å². The summed E-state index contributed by atoms with van der Waals surface area (Å²) in [6.07, 6.45) is 3.11. The number of aromatic nitrogens is 2. The molecule has 0 unspecified atom stereocenters. The van der Waals surface area contributed by atoms with E-state index < -0.39 is 0 Å². The van der Waals surface area contributed by atoms with Crippen molar-refractivity contribution in [2.75, 3.05) is 49.1 Å². The molecule has 0 atom stereocenters. The zero-order valence-electron chi connectivity index (χ0n) is 20.0. The van der Waals surface area contributed by atoms with Crippen LogP contribution in [0.25, 0.3) is 0 Å². The van der Waals surface area contributed by atoms with Gasteiger partial charge in [0.1, 0.15) is 11.6 Å². The van der Waals surface area contributed by atoms with Gasteiger partial charge in [-0.3, -0.25) is 4.79 Å². The summed E-state index contributed by atoms with van der Waals surface area (Å²) >= 11 is 7.50. The topological polar surface area (TPSA) is 52.6 Å². The van der Waals surface area contributed by atoms with Crippen LogP contribution in [0, 0.1) is 5.82 Å². The molecule has 1 aromatic heterocycles. The predicted molar refractivity (Wildman–Crippen MR) is 141 cm³/mol. The van der Waals surface area contributed by atoms with Gasteiger partial charge in [0.05, 0.1) is 0 Å². The molecule has 1 fully saturated rings. The first-order chi connectivity index (χ1) is 17.0.